The highest BCUT2D eigenvalue weighted by atomic mass is 32.2. The Morgan fingerprint density at radius 2 is 2.16 bits per heavy atom. The minimum atomic E-state index is -3.28. The van der Waals surface area contributed by atoms with Gasteiger partial charge in [-0.3, -0.25) is 4.79 Å². The molecule has 0 saturated carbocycles. The van der Waals surface area contributed by atoms with Gasteiger partial charge in [0.25, 0.3) is 0 Å². The summed E-state index contributed by atoms with van der Waals surface area (Å²) in [4.78, 5) is 11.9. The van der Waals surface area contributed by atoms with Crippen molar-refractivity contribution in [2.75, 3.05) is 24.7 Å². The second kappa shape index (κ2) is 5.58. The Kier molecular flexibility index (Phi) is 4.06. The van der Waals surface area contributed by atoms with Crippen molar-refractivity contribution < 1.29 is 13.2 Å². The van der Waals surface area contributed by atoms with Crippen molar-refractivity contribution in [1.29, 1.82) is 0 Å². The van der Waals surface area contributed by atoms with Crippen molar-refractivity contribution in [3.05, 3.63) is 29.8 Å². The zero-order chi connectivity index (χ0) is 13.9. The summed E-state index contributed by atoms with van der Waals surface area (Å²) in [7, 11) is -1.92. The molecule has 19 heavy (non-hydrogen) atoms. The molecule has 1 amide bonds. The normalized spacial score (nSPS) is 17.6. The Labute approximate surface area is 112 Å². The molecule has 0 unspecified atom stereocenters. The Morgan fingerprint density at radius 1 is 1.42 bits per heavy atom. The number of sulfonamides is 1. The van der Waals surface area contributed by atoms with Gasteiger partial charge in [-0.2, -0.15) is 0 Å². The van der Waals surface area contributed by atoms with Crippen LogP contribution in [0.15, 0.2) is 24.3 Å². The number of para-hydroxylation sites is 1. The van der Waals surface area contributed by atoms with Crippen molar-refractivity contribution in [1.82, 2.24) is 10.0 Å². The molecule has 0 aliphatic carbocycles. The summed E-state index contributed by atoms with van der Waals surface area (Å²) >= 11 is 0. The van der Waals surface area contributed by atoms with E-state index >= 15 is 0 Å². The number of hydrogen-bond donors (Lipinski definition) is 3. The number of amides is 1. The molecular formula is C12H17N3O3S. The fourth-order valence-corrected chi connectivity index (χ4v) is 2.56. The molecule has 1 atom stereocenters. The van der Waals surface area contributed by atoms with Crippen LogP contribution in [0.3, 0.4) is 0 Å². The van der Waals surface area contributed by atoms with Gasteiger partial charge in [0.1, 0.15) is 6.04 Å². The van der Waals surface area contributed by atoms with E-state index < -0.39 is 10.0 Å². The molecule has 0 fully saturated rings. The second-order valence-electron chi connectivity index (χ2n) is 4.37. The van der Waals surface area contributed by atoms with Gasteiger partial charge >= 0.3 is 0 Å². The fourth-order valence-electron chi connectivity index (χ4n) is 1.99. The third-order valence-corrected chi connectivity index (χ3v) is 4.43. The lowest BCUT2D eigenvalue weighted by Gasteiger charge is -2.11. The smallest absolute Gasteiger partial charge is 0.242 e. The zero-order valence-electron chi connectivity index (χ0n) is 10.6. The van der Waals surface area contributed by atoms with E-state index in [1.165, 1.54) is 7.05 Å². The molecule has 1 heterocycles. The number of fused-ring (bicyclic) bond motifs is 1. The quantitative estimate of drug-likeness (QED) is 0.692. The summed E-state index contributed by atoms with van der Waals surface area (Å²) < 4.78 is 24.6. The molecule has 104 valence electrons. The van der Waals surface area contributed by atoms with Gasteiger partial charge in [0, 0.05) is 18.7 Å². The summed E-state index contributed by atoms with van der Waals surface area (Å²) in [6.07, 6.45) is 0.626. The molecule has 6 nitrogen and oxygen atoms in total. The zero-order valence-corrected chi connectivity index (χ0v) is 11.5. The van der Waals surface area contributed by atoms with Gasteiger partial charge < -0.3 is 10.6 Å². The third kappa shape index (κ3) is 3.45. The molecule has 0 radical (unpaired) electrons. The average molecular weight is 283 g/mol. The van der Waals surface area contributed by atoms with Gasteiger partial charge in [0.2, 0.25) is 15.9 Å². The first kappa shape index (κ1) is 13.8. The first-order valence-electron chi connectivity index (χ1n) is 6.05. The van der Waals surface area contributed by atoms with Gasteiger partial charge in [0.05, 0.1) is 5.75 Å². The molecule has 0 bridgehead atoms. The van der Waals surface area contributed by atoms with Crippen LogP contribution in [-0.2, 0) is 21.2 Å². The van der Waals surface area contributed by atoms with Crippen LogP contribution in [0.5, 0.6) is 0 Å². The van der Waals surface area contributed by atoms with E-state index in [0.29, 0.717) is 6.42 Å². The molecule has 1 aromatic carbocycles. The molecule has 1 aliphatic rings. The van der Waals surface area contributed by atoms with Crippen LogP contribution >= 0.6 is 0 Å². The summed E-state index contributed by atoms with van der Waals surface area (Å²) in [5.41, 5.74) is 2.07. The summed E-state index contributed by atoms with van der Waals surface area (Å²) in [5, 5.41) is 5.75. The number of carbonyl (C=O) groups excluding carboxylic acids is 1. The number of anilines is 1. The minimum Gasteiger partial charge on any atom is -0.373 e. The SMILES string of the molecule is CNS(=O)(=O)CCNC(=O)[C@@H]1Cc2ccccc2N1. The van der Waals surface area contributed by atoms with E-state index in [9.17, 15) is 13.2 Å². The highest BCUT2D eigenvalue weighted by molar-refractivity contribution is 7.89. The van der Waals surface area contributed by atoms with Gasteiger partial charge in [-0.1, -0.05) is 18.2 Å². The van der Waals surface area contributed by atoms with Crippen LogP contribution in [0.2, 0.25) is 0 Å². The Bertz CT molecular complexity index is 546. The van der Waals surface area contributed by atoms with Gasteiger partial charge in [-0.05, 0) is 18.7 Å². The van der Waals surface area contributed by atoms with Crippen LogP contribution in [0.4, 0.5) is 5.69 Å². The van der Waals surface area contributed by atoms with E-state index in [1.807, 2.05) is 24.3 Å². The molecular weight excluding hydrogens is 266 g/mol. The van der Waals surface area contributed by atoms with E-state index in [2.05, 4.69) is 15.4 Å². The van der Waals surface area contributed by atoms with Crippen molar-refractivity contribution in [2.45, 2.75) is 12.5 Å². The molecule has 1 aromatic rings. The van der Waals surface area contributed by atoms with Crippen LogP contribution < -0.4 is 15.4 Å². The first-order chi connectivity index (χ1) is 9.02. The van der Waals surface area contributed by atoms with Crippen LogP contribution in [-0.4, -0.2) is 39.7 Å². The van der Waals surface area contributed by atoms with Crippen LogP contribution in [0.1, 0.15) is 5.56 Å². The highest BCUT2D eigenvalue weighted by Crippen LogP contribution is 2.24. The lowest BCUT2D eigenvalue weighted by molar-refractivity contribution is -0.121. The van der Waals surface area contributed by atoms with E-state index in [0.717, 1.165) is 11.3 Å². The number of nitrogens with one attached hydrogen (secondary N) is 3. The van der Waals surface area contributed by atoms with E-state index in [-0.39, 0.29) is 24.2 Å². The first-order valence-corrected chi connectivity index (χ1v) is 7.70. The Morgan fingerprint density at radius 3 is 2.84 bits per heavy atom. The summed E-state index contributed by atoms with van der Waals surface area (Å²) in [6, 6.07) is 7.41. The molecule has 1 aliphatic heterocycles. The molecule has 0 saturated heterocycles. The summed E-state index contributed by atoms with van der Waals surface area (Å²) in [5.74, 6) is -0.294. The second-order valence-corrected chi connectivity index (χ2v) is 6.42. The van der Waals surface area contributed by atoms with E-state index in [1.54, 1.807) is 0 Å². The Hall–Kier alpha value is -1.60. The van der Waals surface area contributed by atoms with Crippen LogP contribution in [0.25, 0.3) is 0 Å². The standard InChI is InChI=1S/C12H17N3O3S/c1-13-19(17,18)7-6-14-12(16)11-8-9-4-2-3-5-10(9)15-11/h2-5,11,13,15H,6-8H2,1H3,(H,14,16)/t11-/m0/s1. The number of rotatable bonds is 5. The topological polar surface area (TPSA) is 87.3 Å². The molecule has 0 spiro atoms. The Balaban J connectivity index is 1.84. The van der Waals surface area contributed by atoms with Gasteiger partial charge in [-0.15, -0.1) is 0 Å². The number of carbonyl (C=O) groups is 1. The summed E-state index contributed by atoms with van der Waals surface area (Å²) in [6.45, 7) is 0.108. The van der Waals surface area contributed by atoms with Crippen molar-refractivity contribution in [3.8, 4) is 0 Å². The predicted octanol–water partition coefficient (Wildman–Crippen LogP) is -0.311. The fraction of sp³-hybridized carbons (Fsp3) is 0.417. The maximum Gasteiger partial charge on any atom is 0.242 e. The molecule has 0 aromatic heterocycles. The van der Waals surface area contributed by atoms with Crippen molar-refractivity contribution in [2.24, 2.45) is 0 Å². The van der Waals surface area contributed by atoms with E-state index in [4.69, 9.17) is 0 Å². The van der Waals surface area contributed by atoms with Crippen LogP contribution in [0, 0.1) is 0 Å². The number of hydrogen-bond acceptors (Lipinski definition) is 4. The third-order valence-electron chi connectivity index (χ3n) is 3.07. The van der Waals surface area contributed by atoms with Gasteiger partial charge in [0.15, 0.2) is 0 Å². The van der Waals surface area contributed by atoms with Gasteiger partial charge in [-0.25, -0.2) is 13.1 Å². The van der Waals surface area contributed by atoms with Crippen molar-refractivity contribution in [3.63, 3.8) is 0 Å². The molecule has 3 N–H and O–H groups in total. The predicted molar refractivity (Wildman–Crippen MR) is 73.4 cm³/mol. The largest absolute Gasteiger partial charge is 0.373 e. The minimum absolute atomic E-state index is 0.108. The monoisotopic (exact) mass is 283 g/mol. The molecule has 2 rings (SSSR count). The highest BCUT2D eigenvalue weighted by Gasteiger charge is 2.26. The average Bonchev–Trinajstić information content (AvgIpc) is 2.82. The molecule has 7 heteroatoms. The maximum atomic E-state index is 11.9. The van der Waals surface area contributed by atoms with Crippen molar-refractivity contribution >= 4 is 21.6 Å². The lowest BCUT2D eigenvalue weighted by atomic mass is 10.1. The maximum absolute atomic E-state index is 11.9. The number of benzene rings is 1. The lowest BCUT2D eigenvalue weighted by Crippen LogP contribution is -2.41.